The summed E-state index contributed by atoms with van der Waals surface area (Å²) in [6, 6.07) is 0. The third-order valence-electron chi connectivity index (χ3n) is 2.17. The summed E-state index contributed by atoms with van der Waals surface area (Å²) in [5.74, 6) is 0.106. The van der Waals surface area contributed by atoms with E-state index in [1.165, 1.54) is 0 Å². The zero-order chi connectivity index (χ0) is 12.4. The van der Waals surface area contributed by atoms with Gasteiger partial charge >= 0.3 is 0 Å². The molecule has 0 rings (SSSR count). The Kier molecular flexibility index (Phi) is 9.13. The van der Waals surface area contributed by atoms with Crippen molar-refractivity contribution in [3.63, 3.8) is 0 Å². The predicted molar refractivity (Wildman–Crippen MR) is 69.4 cm³/mol. The highest BCUT2D eigenvalue weighted by Crippen LogP contribution is 1.97. The molecule has 0 unspecified atom stereocenters. The van der Waals surface area contributed by atoms with E-state index in [1.807, 2.05) is 13.8 Å². The van der Waals surface area contributed by atoms with Crippen LogP contribution in [0.3, 0.4) is 0 Å². The van der Waals surface area contributed by atoms with Crippen LogP contribution in [0.5, 0.6) is 0 Å². The Bertz CT molecular complexity index is 222. The summed E-state index contributed by atoms with van der Waals surface area (Å²) >= 11 is 4.79. The SMILES string of the molecule is CCCOCCC(=O)N(CC)CCC(N)=S. The molecular formula is C11H22N2O2S. The molecule has 0 aliphatic rings. The van der Waals surface area contributed by atoms with Crippen molar-refractivity contribution in [2.75, 3.05) is 26.3 Å². The monoisotopic (exact) mass is 246 g/mol. The lowest BCUT2D eigenvalue weighted by Crippen LogP contribution is -2.34. The van der Waals surface area contributed by atoms with Gasteiger partial charge in [0.1, 0.15) is 0 Å². The molecule has 0 saturated carbocycles. The van der Waals surface area contributed by atoms with Crippen LogP contribution in [0.15, 0.2) is 0 Å². The van der Waals surface area contributed by atoms with Gasteiger partial charge in [-0.25, -0.2) is 0 Å². The maximum Gasteiger partial charge on any atom is 0.224 e. The molecule has 0 spiro atoms. The number of ether oxygens (including phenoxy) is 1. The van der Waals surface area contributed by atoms with Crippen molar-refractivity contribution < 1.29 is 9.53 Å². The van der Waals surface area contributed by atoms with Gasteiger partial charge in [0.2, 0.25) is 5.91 Å². The minimum absolute atomic E-state index is 0.106. The van der Waals surface area contributed by atoms with Gasteiger partial charge in [-0.3, -0.25) is 4.79 Å². The van der Waals surface area contributed by atoms with Crippen molar-refractivity contribution in [3.05, 3.63) is 0 Å². The lowest BCUT2D eigenvalue weighted by Gasteiger charge is -2.20. The van der Waals surface area contributed by atoms with Crippen molar-refractivity contribution in [1.82, 2.24) is 4.90 Å². The van der Waals surface area contributed by atoms with E-state index in [0.29, 0.717) is 44.1 Å². The van der Waals surface area contributed by atoms with Crippen LogP contribution in [0.25, 0.3) is 0 Å². The van der Waals surface area contributed by atoms with Gasteiger partial charge in [-0.15, -0.1) is 0 Å². The minimum atomic E-state index is 0.106. The topological polar surface area (TPSA) is 55.6 Å². The van der Waals surface area contributed by atoms with E-state index in [0.717, 1.165) is 6.42 Å². The van der Waals surface area contributed by atoms with E-state index in [4.69, 9.17) is 22.7 Å². The van der Waals surface area contributed by atoms with Crippen LogP contribution in [0.4, 0.5) is 0 Å². The van der Waals surface area contributed by atoms with E-state index < -0.39 is 0 Å². The maximum absolute atomic E-state index is 11.7. The Hall–Kier alpha value is -0.680. The zero-order valence-electron chi connectivity index (χ0n) is 10.2. The Morgan fingerprint density at radius 1 is 1.31 bits per heavy atom. The van der Waals surface area contributed by atoms with Gasteiger partial charge in [0.15, 0.2) is 0 Å². The van der Waals surface area contributed by atoms with Crippen LogP contribution >= 0.6 is 12.2 Å². The number of rotatable bonds is 9. The summed E-state index contributed by atoms with van der Waals surface area (Å²) in [5, 5.41) is 0. The molecule has 16 heavy (non-hydrogen) atoms. The molecule has 2 N–H and O–H groups in total. The fraction of sp³-hybridized carbons (Fsp3) is 0.818. The molecule has 4 nitrogen and oxygen atoms in total. The van der Waals surface area contributed by atoms with Crippen LogP contribution < -0.4 is 5.73 Å². The zero-order valence-corrected chi connectivity index (χ0v) is 11.0. The molecule has 0 fully saturated rings. The first-order valence-electron chi connectivity index (χ1n) is 5.75. The quantitative estimate of drug-likeness (QED) is 0.492. The van der Waals surface area contributed by atoms with Crippen molar-refractivity contribution >= 4 is 23.1 Å². The first-order chi connectivity index (χ1) is 7.61. The molecule has 0 aromatic heterocycles. The molecule has 0 saturated heterocycles. The molecule has 5 heteroatoms. The highest BCUT2D eigenvalue weighted by Gasteiger charge is 2.10. The normalized spacial score (nSPS) is 10.1. The molecule has 1 amide bonds. The molecular weight excluding hydrogens is 224 g/mol. The lowest BCUT2D eigenvalue weighted by atomic mass is 10.3. The van der Waals surface area contributed by atoms with Crippen LogP contribution in [0.1, 0.15) is 33.1 Å². The van der Waals surface area contributed by atoms with E-state index in [1.54, 1.807) is 4.90 Å². The summed E-state index contributed by atoms with van der Waals surface area (Å²) in [6.45, 7) is 6.50. The first kappa shape index (κ1) is 15.3. The number of thiocarbonyl (C=S) groups is 1. The van der Waals surface area contributed by atoms with Crippen molar-refractivity contribution in [1.29, 1.82) is 0 Å². The highest BCUT2D eigenvalue weighted by molar-refractivity contribution is 7.80. The van der Waals surface area contributed by atoms with E-state index >= 15 is 0 Å². The van der Waals surface area contributed by atoms with Gasteiger partial charge in [0.05, 0.1) is 18.0 Å². The van der Waals surface area contributed by atoms with Crippen LogP contribution in [0.2, 0.25) is 0 Å². The first-order valence-corrected chi connectivity index (χ1v) is 6.16. The van der Waals surface area contributed by atoms with Gasteiger partial charge in [0, 0.05) is 26.1 Å². The molecule has 94 valence electrons. The molecule has 0 aliphatic carbocycles. The summed E-state index contributed by atoms with van der Waals surface area (Å²) in [5.41, 5.74) is 5.40. The summed E-state index contributed by atoms with van der Waals surface area (Å²) in [4.78, 5) is 13.9. The average molecular weight is 246 g/mol. The van der Waals surface area contributed by atoms with Gasteiger partial charge in [-0.1, -0.05) is 19.1 Å². The number of amides is 1. The molecule has 0 atom stereocenters. The average Bonchev–Trinajstić information content (AvgIpc) is 2.25. The minimum Gasteiger partial charge on any atom is -0.393 e. The second-order valence-electron chi connectivity index (χ2n) is 3.55. The number of hydrogen-bond donors (Lipinski definition) is 1. The molecule has 0 bridgehead atoms. The Morgan fingerprint density at radius 3 is 2.50 bits per heavy atom. The molecule has 0 radical (unpaired) electrons. The van der Waals surface area contributed by atoms with Crippen molar-refractivity contribution in [3.8, 4) is 0 Å². The third kappa shape index (κ3) is 7.59. The summed E-state index contributed by atoms with van der Waals surface area (Å²) < 4.78 is 5.28. The predicted octanol–water partition coefficient (Wildman–Crippen LogP) is 1.33. The lowest BCUT2D eigenvalue weighted by molar-refractivity contribution is -0.132. The third-order valence-corrected chi connectivity index (χ3v) is 2.38. The standard InChI is InChI=1S/C11H22N2O2S/c1-3-8-15-9-6-11(14)13(4-2)7-5-10(12)16/h3-9H2,1-2H3,(H2,12,16). The van der Waals surface area contributed by atoms with Crippen molar-refractivity contribution in [2.45, 2.75) is 33.1 Å². The van der Waals surface area contributed by atoms with Crippen LogP contribution in [0, 0.1) is 0 Å². The maximum atomic E-state index is 11.7. The number of nitrogens with zero attached hydrogens (tertiary/aromatic N) is 1. The van der Waals surface area contributed by atoms with Gasteiger partial charge in [-0.2, -0.15) is 0 Å². The molecule has 0 aromatic carbocycles. The van der Waals surface area contributed by atoms with Crippen molar-refractivity contribution in [2.24, 2.45) is 5.73 Å². The molecule has 0 aliphatic heterocycles. The fourth-order valence-corrected chi connectivity index (χ4v) is 1.36. The molecule has 0 heterocycles. The Balaban J connectivity index is 3.77. The Labute approximate surface area is 103 Å². The second kappa shape index (κ2) is 9.54. The smallest absolute Gasteiger partial charge is 0.224 e. The van der Waals surface area contributed by atoms with Gasteiger partial charge in [-0.05, 0) is 13.3 Å². The number of nitrogens with two attached hydrogens (primary N) is 1. The summed E-state index contributed by atoms with van der Waals surface area (Å²) in [6.07, 6.45) is 2.00. The molecule has 0 aromatic rings. The van der Waals surface area contributed by atoms with Crippen LogP contribution in [-0.2, 0) is 9.53 Å². The van der Waals surface area contributed by atoms with Gasteiger partial charge in [0.25, 0.3) is 0 Å². The number of carbonyl (C=O) groups is 1. The highest BCUT2D eigenvalue weighted by atomic mass is 32.1. The second-order valence-corrected chi connectivity index (χ2v) is 4.08. The number of hydrogen-bond acceptors (Lipinski definition) is 3. The van der Waals surface area contributed by atoms with E-state index in [-0.39, 0.29) is 5.91 Å². The number of carbonyl (C=O) groups excluding carboxylic acids is 1. The van der Waals surface area contributed by atoms with E-state index in [2.05, 4.69) is 0 Å². The van der Waals surface area contributed by atoms with E-state index in [9.17, 15) is 4.79 Å². The fourth-order valence-electron chi connectivity index (χ4n) is 1.27. The summed E-state index contributed by atoms with van der Waals surface area (Å²) in [7, 11) is 0. The van der Waals surface area contributed by atoms with Crippen LogP contribution in [-0.4, -0.2) is 42.1 Å². The Morgan fingerprint density at radius 2 is 2.00 bits per heavy atom. The van der Waals surface area contributed by atoms with Gasteiger partial charge < -0.3 is 15.4 Å². The largest absolute Gasteiger partial charge is 0.393 e.